The summed E-state index contributed by atoms with van der Waals surface area (Å²) in [6, 6.07) is 0. The Hall–Kier alpha value is -1.36. The van der Waals surface area contributed by atoms with E-state index < -0.39 is 5.97 Å². The number of carbonyl (C=O) groups is 2. The van der Waals surface area contributed by atoms with Crippen molar-refractivity contribution in [3.05, 3.63) is 11.1 Å². The van der Waals surface area contributed by atoms with Gasteiger partial charge in [0.05, 0.1) is 0 Å². The third-order valence-corrected chi connectivity index (χ3v) is 3.55. The molecule has 0 saturated carbocycles. The van der Waals surface area contributed by atoms with Gasteiger partial charge in [-0.2, -0.15) is 0 Å². The second-order valence-electron chi connectivity index (χ2n) is 4.83. The van der Waals surface area contributed by atoms with Crippen molar-refractivity contribution in [3.8, 4) is 0 Å². The SMILES string of the molecule is CC(C(=O)O)=C(C)C(=O)N1CCCC(CCO)C1. The van der Waals surface area contributed by atoms with Crippen LogP contribution in [0.5, 0.6) is 0 Å². The fraction of sp³-hybridized carbons (Fsp3) is 0.692. The van der Waals surface area contributed by atoms with Gasteiger partial charge in [0.25, 0.3) is 0 Å². The summed E-state index contributed by atoms with van der Waals surface area (Å²) >= 11 is 0. The van der Waals surface area contributed by atoms with Gasteiger partial charge in [-0.15, -0.1) is 0 Å². The number of piperidine rings is 1. The number of carbonyl (C=O) groups excluding carboxylic acids is 1. The predicted octanol–water partition coefficient (Wildman–Crippen LogP) is 1.03. The van der Waals surface area contributed by atoms with Gasteiger partial charge >= 0.3 is 5.97 Å². The summed E-state index contributed by atoms with van der Waals surface area (Å²) in [5.41, 5.74) is 0.399. The smallest absolute Gasteiger partial charge is 0.331 e. The highest BCUT2D eigenvalue weighted by Crippen LogP contribution is 2.21. The van der Waals surface area contributed by atoms with Crippen molar-refractivity contribution in [1.29, 1.82) is 0 Å². The summed E-state index contributed by atoms with van der Waals surface area (Å²) in [6.07, 6.45) is 2.63. The Kier molecular flexibility index (Phi) is 5.34. The number of aliphatic hydroxyl groups excluding tert-OH is 1. The average Bonchev–Trinajstić information content (AvgIpc) is 2.36. The van der Waals surface area contributed by atoms with Crippen molar-refractivity contribution in [3.63, 3.8) is 0 Å². The molecule has 0 aromatic rings. The fourth-order valence-corrected chi connectivity index (χ4v) is 2.23. The average molecular weight is 255 g/mol. The van der Waals surface area contributed by atoms with Crippen molar-refractivity contribution < 1.29 is 19.8 Å². The minimum Gasteiger partial charge on any atom is -0.478 e. The molecule has 1 atom stereocenters. The molecule has 5 heteroatoms. The molecule has 0 aromatic heterocycles. The molecule has 18 heavy (non-hydrogen) atoms. The lowest BCUT2D eigenvalue weighted by molar-refractivity contribution is -0.134. The molecular formula is C13H21NO4. The van der Waals surface area contributed by atoms with Gasteiger partial charge in [0.2, 0.25) is 5.91 Å². The van der Waals surface area contributed by atoms with Crippen LogP contribution in [0.3, 0.4) is 0 Å². The van der Waals surface area contributed by atoms with Crippen LogP contribution in [0.15, 0.2) is 11.1 Å². The monoisotopic (exact) mass is 255 g/mol. The van der Waals surface area contributed by atoms with Crippen LogP contribution >= 0.6 is 0 Å². The van der Waals surface area contributed by atoms with E-state index >= 15 is 0 Å². The van der Waals surface area contributed by atoms with E-state index in [9.17, 15) is 9.59 Å². The molecule has 0 bridgehead atoms. The lowest BCUT2D eigenvalue weighted by atomic mass is 9.94. The van der Waals surface area contributed by atoms with E-state index in [4.69, 9.17) is 10.2 Å². The molecule has 0 aliphatic carbocycles. The molecule has 0 radical (unpaired) electrons. The molecule has 1 fully saturated rings. The van der Waals surface area contributed by atoms with Crippen LogP contribution in [0, 0.1) is 5.92 Å². The van der Waals surface area contributed by atoms with E-state index in [1.54, 1.807) is 11.8 Å². The van der Waals surface area contributed by atoms with E-state index in [0.717, 1.165) is 12.8 Å². The summed E-state index contributed by atoms with van der Waals surface area (Å²) < 4.78 is 0. The van der Waals surface area contributed by atoms with Crippen LogP contribution in [0.4, 0.5) is 0 Å². The molecule has 5 nitrogen and oxygen atoms in total. The summed E-state index contributed by atoms with van der Waals surface area (Å²) in [5, 5.41) is 17.8. The Bertz CT molecular complexity index is 360. The van der Waals surface area contributed by atoms with Gasteiger partial charge in [-0.05, 0) is 39.0 Å². The number of amides is 1. The highest BCUT2D eigenvalue weighted by molar-refractivity contribution is 6.01. The lowest BCUT2D eigenvalue weighted by Gasteiger charge is -2.33. The number of nitrogens with zero attached hydrogens (tertiary/aromatic N) is 1. The molecule has 1 heterocycles. The number of hydrogen-bond acceptors (Lipinski definition) is 3. The van der Waals surface area contributed by atoms with Crippen LogP contribution in [0.2, 0.25) is 0 Å². The molecule has 0 spiro atoms. The number of aliphatic carboxylic acids is 1. The van der Waals surface area contributed by atoms with E-state index in [0.29, 0.717) is 31.0 Å². The molecular weight excluding hydrogens is 234 g/mol. The molecule has 1 rings (SSSR count). The zero-order valence-electron chi connectivity index (χ0n) is 11.0. The van der Waals surface area contributed by atoms with Gasteiger partial charge in [-0.1, -0.05) is 0 Å². The van der Waals surface area contributed by atoms with Gasteiger partial charge in [0.1, 0.15) is 0 Å². The molecule has 102 valence electrons. The number of likely N-dealkylation sites (tertiary alicyclic amines) is 1. The quantitative estimate of drug-likeness (QED) is 0.735. The van der Waals surface area contributed by atoms with Gasteiger partial charge < -0.3 is 15.1 Å². The predicted molar refractivity (Wildman–Crippen MR) is 67.0 cm³/mol. The van der Waals surface area contributed by atoms with Crippen molar-refractivity contribution in [2.24, 2.45) is 5.92 Å². The van der Waals surface area contributed by atoms with E-state index in [1.165, 1.54) is 6.92 Å². The molecule has 1 amide bonds. The Balaban J connectivity index is 2.72. The number of rotatable bonds is 4. The van der Waals surface area contributed by atoms with Crippen LogP contribution in [0.25, 0.3) is 0 Å². The lowest BCUT2D eigenvalue weighted by Crippen LogP contribution is -2.41. The molecule has 0 aromatic carbocycles. The van der Waals surface area contributed by atoms with Gasteiger partial charge in [0.15, 0.2) is 0 Å². The standard InChI is InChI=1S/C13H21NO4/c1-9(10(2)13(17)18)12(16)14-6-3-4-11(8-14)5-7-15/h11,15H,3-8H2,1-2H3,(H,17,18). The second-order valence-corrected chi connectivity index (χ2v) is 4.83. The Morgan fingerprint density at radius 1 is 1.28 bits per heavy atom. The number of aliphatic hydroxyl groups is 1. The Morgan fingerprint density at radius 3 is 2.50 bits per heavy atom. The van der Waals surface area contributed by atoms with Crippen LogP contribution in [0.1, 0.15) is 33.1 Å². The van der Waals surface area contributed by atoms with Gasteiger partial charge in [0, 0.05) is 30.8 Å². The van der Waals surface area contributed by atoms with E-state index in [1.807, 2.05) is 0 Å². The Morgan fingerprint density at radius 2 is 1.94 bits per heavy atom. The first kappa shape index (κ1) is 14.7. The molecule has 1 aliphatic rings. The number of hydrogen-bond donors (Lipinski definition) is 2. The second kappa shape index (κ2) is 6.54. The summed E-state index contributed by atoms with van der Waals surface area (Å²) in [7, 11) is 0. The number of carboxylic acids is 1. The van der Waals surface area contributed by atoms with Crippen LogP contribution in [-0.2, 0) is 9.59 Å². The third-order valence-electron chi connectivity index (χ3n) is 3.55. The maximum absolute atomic E-state index is 12.1. The van der Waals surface area contributed by atoms with Gasteiger partial charge in [-0.3, -0.25) is 4.79 Å². The first-order chi connectivity index (χ1) is 8.47. The summed E-state index contributed by atoms with van der Waals surface area (Å²) in [6.45, 7) is 4.43. The molecule has 2 N–H and O–H groups in total. The number of carboxylic acid groups (broad SMARTS) is 1. The largest absolute Gasteiger partial charge is 0.478 e. The Labute approximate surface area is 107 Å². The van der Waals surface area contributed by atoms with Crippen LogP contribution < -0.4 is 0 Å². The summed E-state index contributed by atoms with van der Waals surface area (Å²) in [5.74, 6) is -0.923. The topological polar surface area (TPSA) is 77.8 Å². The molecule has 1 unspecified atom stereocenters. The maximum atomic E-state index is 12.1. The zero-order chi connectivity index (χ0) is 13.7. The van der Waals surface area contributed by atoms with E-state index in [-0.39, 0.29) is 18.1 Å². The van der Waals surface area contributed by atoms with Crippen molar-refractivity contribution >= 4 is 11.9 Å². The summed E-state index contributed by atoms with van der Waals surface area (Å²) in [4.78, 5) is 24.7. The van der Waals surface area contributed by atoms with Gasteiger partial charge in [-0.25, -0.2) is 4.79 Å². The van der Waals surface area contributed by atoms with Crippen molar-refractivity contribution in [2.45, 2.75) is 33.1 Å². The minimum atomic E-state index is -1.05. The maximum Gasteiger partial charge on any atom is 0.331 e. The first-order valence-electron chi connectivity index (χ1n) is 6.28. The highest BCUT2D eigenvalue weighted by atomic mass is 16.4. The molecule has 1 saturated heterocycles. The normalized spacial score (nSPS) is 21.5. The van der Waals surface area contributed by atoms with Crippen LogP contribution in [-0.4, -0.2) is 46.7 Å². The van der Waals surface area contributed by atoms with Crippen molar-refractivity contribution in [1.82, 2.24) is 4.90 Å². The van der Waals surface area contributed by atoms with Crippen molar-refractivity contribution in [2.75, 3.05) is 19.7 Å². The third kappa shape index (κ3) is 3.57. The highest BCUT2D eigenvalue weighted by Gasteiger charge is 2.25. The zero-order valence-corrected chi connectivity index (χ0v) is 11.0. The first-order valence-corrected chi connectivity index (χ1v) is 6.28. The minimum absolute atomic E-state index is 0.101. The fourth-order valence-electron chi connectivity index (χ4n) is 2.23. The molecule has 1 aliphatic heterocycles. The van der Waals surface area contributed by atoms with E-state index in [2.05, 4.69) is 0 Å².